The zero-order valence-corrected chi connectivity index (χ0v) is 41.4. The molecule has 0 spiro atoms. The Morgan fingerprint density at radius 1 is 0.371 bits per heavy atom. The highest BCUT2D eigenvalue weighted by atomic mass is 16.6. The maximum atomic E-state index is 12.8. The third-order valence-corrected chi connectivity index (χ3v) is 11.5. The molecule has 0 aliphatic carbocycles. The maximum Gasteiger partial charge on any atom is 0.306 e. The predicted molar refractivity (Wildman–Crippen MR) is 270 cm³/mol. The topological polar surface area (TPSA) is 61.8 Å². The average Bonchev–Trinajstić information content (AvgIpc) is 3.27. The Morgan fingerprint density at radius 2 is 0.726 bits per heavy atom. The Kier molecular flexibility index (Phi) is 50.9. The predicted octanol–water partition coefficient (Wildman–Crippen LogP) is 18.1. The van der Waals surface area contributed by atoms with Crippen LogP contribution in [-0.4, -0.2) is 37.9 Å². The van der Waals surface area contributed by atoms with Crippen molar-refractivity contribution in [3.05, 3.63) is 60.8 Å². The zero-order valence-electron chi connectivity index (χ0n) is 41.4. The number of esters is 2. The van der Waals surface area contributed by atoms with Crippen LogP contribution in [0.1, 0.15) is 265 Å². The summed E-state index contributed by atoms with van der Waals surface area (Å²) in [7, 11) is 0. The lowest BCUT2D eigenvalue weighted by Gasteiger charge is -2.18. The second-order valence-corrected chi connectivity index (χ2v) is 17.8. The fourth-order valence-electron chi connectivity index (χ4n) is 7.56. The van der Waals surface area contributed by atoms with Crippen LogP contribution in [0.2, 0.25) is 0 Å². The maximum absolute atomic E-state index is 12.8. The van der Waals surface area contributed by atoms with Crippen LogP contribution in [0.4, 0.5) is 0 Å². The molecule has 0 bridgehead atoms. The van der Waals surface area contributed by atoms with Gasteiger partial charge in [-0.2, -0.15) is 0 Å². The molecule has 1 atom stereocenters. The molecule has 0 N–H and O–H groups in total. The molecular weight excluding hydrogens is 765 g/mol. The van der Waals surface area contributed by atoms with Crippen molar-refractivity contribution in [3.63, 3.8) is 0 Å². The highest BCUT2D eigenvalue weighted by Gasteiger charge is 2.17. The quantitative estimate of drug-likeness (QED) is 0.0346. The number of allylic oxidation sites excluding steroid dienone is 10. The second-order valence-electron chi connectivity index (χ2n) is 17.8. The molecule has 0 saturated carbocycles. The van der Waals surface area contributed by atoms with Gasteiger partial charge in [0.1, 0.15) is 6.61 Å². The van der Waals surface area contributed by atoms with Crippen molar-refractivity contribution in [2.45, 2.75) is 271 Å². The molecule has 0 heterocycles. The van der Waals surface area contributed by atoms with Gasteiger partial charge in [-0.1, -0.05) is 229 Å². The Hall–Kier alpha value is -2.40. The van der Waals surface area contributed by atoms with Crippen molar-refractivity contribution >= 4 is 11.9 Å². The molecule has 0 radical (unpaired) electrons. The summed E-state index contributed by atoms with van der Waals surface area (Å²) in [6.07, 6.45) is 66.6. The highest BCUT2D eigenvalue weighted by molar-refractivity contribution is 5.70. The Bertz CT molecular complexity index is 1070. The van der Waals surface area contributed by atoms with Gasteiger partial charge >= 0.3 is 11.9 Å². The van der Waals surface area contributed by atoms with Gasteiger partial charge < -0.3 is 14.2 Å². The molecule has 62 heavy (non-hydrogen) atoms. The van der Waals surface area contributed by atoms with Crippen molar-refractivity contribution in [2.24, 2.45) is 0 Å². The molecule has 0 aromatic heterocycles. The van der Waals surface area contributed by atoms with E-state index in [2.05, 4.69) is 81.5 Å². The molecule has 5 nitrogen and oxygen atoms in total. The van der Waals surface area contributed by atoms with E-state index >= 15 is 0 Å². The molecule has 0 fully saturated rings. The van der Waals surface area contributed by atoms with Crippen molar-refractivity contribution in [1.29, 1.82) is 0 Å². The highest BCUT2D eigenvalue weighted by Crippen LogP contribution is 2.15. The van der Waals surface area contributed by atoms with E-state index in [0.717, 1.165) is 89.9 Å². The average molecular weight is 867 g/mol. The minimum Gasteiger partial charge on any atom is -0.462 e. The van der Waals surface area contributed by atoms with Gasteiger partial charge in [0.25, 0.3) is 0 Å². The summed E-state index contributed by atoms with van der Waals surface area (Å²) in [6.45, 7) is 7.68. The monoisotopic (exact) mass is 867 g/mol. The number of rotatable bonds is 49. The van der Waals surface area contributed by atoms with Crippen LogP contribution in [0.25, 0.3) is 0 Å². The van der Waals surface area contributed by atoms with Gasteiger partial charge in [-0.05, 0) is 83.5 Å². The van der Waals surface area contributed by atoms with E-state index in [4.69, 9.17) is 14.2 Å². The summed E-state index contributed by atoms with van der Waals surface area (Å²) in [5.74, 6) is -0.438. The largest absolute Gasteiger partial charge is 0.462 e. The lowest BCUT2D eigenvalue weighted by molar-refractivity contribution is -0.163. The smallest absolute Gasteiger partial charge is 0.306 e. The molecule has 0 saturated heterocycles. The van der Waals surface area contributed by atoms with E-state index < -0.39 is 6.10 Å². The van der Waals surface area contributed by atoms with Crippen LogP contribution in [0.15, 0.2) is 60.8 Å². The van der Waals surface area contributed by atoms with Crippen LogP contribution in [0.5, 0.6) is 0 Å². The molecular formula is C57H102O5. The molecule has 0 aromatic carbocycles. The summed E-state index contributed by atoms with van der Waals surface area (Å²) in [6, 6.07) is 0. The Morgan fingerprint density at radius 3 is 1.21 bits per heavy atom. The van der Waals surface area contributed by atoms with Gasteiger partial charge in [0, 0.05) is 19.4 Å². The van der Waals surface area contributed by atoms with E-state index in [0.29, 0.717) is 19.4 Å². The van der Waals surface area contributed by atoms with Gasteiger partial charge in [-0.15, -0.1) is 0 Å². The molecule has 0 aliphatic rings. The van der Waals surface area contributed by atoms with Gasteiger partial charge in [-0.3, -0.25) is 9.59 Å². The lowest BCUT2D eigenvalue weighted by atomic mass is 10.0. The summed E-state index contributed by atoms with van der Waals surface area (Å²) >= 11 is 0. The van der Waals surface area contributed by atoms with Crippen LogP contribution in [-0.2, 0) is 23.8 Å². The minimum atomic E-state index is -0.556. The van der Waals surface area contributed by atoms with E-state index in [1.54, 1.807) is 0 Å². The van der Waals surface area contributed by atoms with Crippen LogP contribution < -0.4 is 0 Å². The van der Waals surface area contributed by atoms with Crippen molar-refractivity contribution in [3.8, 4) is 0 Å². The van der Waals surface area contributed by atoms with Crippen LogP contribution in [0, 0.1) is 0 Å². The first kappa shape index (κ1) is 59.6. The number of unbranched alkanes of at least 4 members (excludes halogenated alkanes) is 28. The minimum absolute atomic E-state index is 0.0676. The summed E-state index contributed by atoms with van der Waals surface area (Å²) in [5.41, 5.74) is 0. The number of hydrogen-bond acceptors (Lipinski definition) is 5. The zero-order chi connectivity index (χ0) is 44.9. The SMILES string of the molecule is CC/C=C\C/C=C\C/C=C\CCCCCC(=O)OC(COCCCCCCCCCCCCCCCCCCCC)COC(=O)CCCCCCC/C=C\C/C=C\CCCCC. The van der Waals surface area contributed by atoms with E-state index in [9.17, 15) is 9.59 Å². The number of carbonyl (C=O) groups excluding carboxylic acids is 2. The first-order valence-electron chi connectivity index (χ1n) is 26.8. The third-order valence-electron chi connectivity index (χ3n) is 11.5. The van der Waals surface area contributed by atoms with Crippen molar-refractivity contribution < 1.29 is 23.8 Å². The van der Waals surface area contributed by atoms with Crippen LogP contribution in [0.3, 0.4) is 0 Å². The summed E-state index contributed by atoms with van der Waals surface area (Å²) in [5, 5.41) is 0. The second kappa shape index (κ2) is 52.9. The molecule has 360 valence electrons. The van der Waals surface area contributed by atoms with Crippen molar-refractivity contribution in [1.82, 2.24) is 0 Å². The Labute approximate surface area is 385 Å². The molecule has 5 heteroatoms. The van der Waals surface area contributed by atoms with E-state index in [-0.39, 0.29) is 25.2 Å². The van der Waals surface area contributed by atoms with Crippen LogP contribution >= 0.6 is 0 Å². The van der Waals surface area contributed by atoms with Gasteiger partial charge in [0.05, 0.1) is 6.61 Å². The number of hydrogen-bond donors (Lipinski definition) is 0. The van der Waals surface area contributed by atoms with Gasteiger partial charge in [0.15, 0.2) is 6.10 Å². The Balaban J connectivity index is 4.28. The standard InChI is InChI=1S/C57H102O5/c1-4-7-10-13-16-19-22-25-27-28-29-31-34-37-40-43-46-49-52-60-53-55(62-57(59)51-48-45-42-39-36-32-24-21-18-15-12-9-6-3)54-61-56(58)50-47-44-41-38-35-33-30-26-23-20-17-14-11-8-5-2/h9,12,17-18,20-21,26,30,32,36,55H,4-8,10-11,13-16,19,22-25,27-29,31,33-35,37-54H2,1-3H3/b12-9-,20-17-,21-18-,30-26-,36-32-. The van der Waals surface area contributed by atoms with Crippen molar-refractivity contribution in [2.75, 3.05) is 19.8 Å². The van der Waals surface area contributed by atoms with Gasteiger partial charge in [0.2, 0.25) is 0 Å². The molecule has 0 aliphatic heterocycles. The van der Waals surface area contributed by atoms with E-state index in [1.165, 1.54) is 141 Å². The third kappa shape index (κ3) is 50.2. The molecule has 0 amide bonds. The molecule has 0 rings (SSSR count). The fraction of sp³-hybridized carbons (Fsp3) is 0.789. The first-order valence-corrected chi connectivity index (χ1v) is 26.8. The van der Waals surface area contributed by atoms with E-state index in [1.807, 2.05) is 0 Å². The van der Waals surface area contributed by atoms with Gasteiger partial charge in [-0.25, -0.2) is 0 Å². The first-order chi connectivity index (χ1) is 30.6. The summed E-state index contributed by atoms with van der Waals surface area (Å²) in [4.78, 5) is 25.4. The molecule has 0 aromatic rings. The fourth-order valence-corrected chi connectivity index (χ4v) is 7.56. The normalized spacial score (nSPS) is 12.6. The summed E-state index contributed by atoms with van der Waals surface area (Å²) < 4.78 is 17.4. The number of ether oxygens (including phenoxy) is 3. The lowest BCUT2D eigenvalue weighted by Crippen LogP contribution is -2.30. The number of carbonyl (C=O) groups is 2. The molecule has 1 unspecified atom stereocenters.